The Hall–Kier alpha value is -1.75. The Morgan fingerprint density at radius 1 is 1.26 bits per heavy atom. The van der Waals surface area contributed by atoms with Crippen molar-refractivity contribution < 1.29 is 9.15 Å². The van der Waals surface area contributed by atoms with Crippen LogP contribution in [0.2, 0.25) is 0 Å². The van der Waals surface area contributed by atoms with E-state index in [9.17, 15) is 0 Å². The Morgan fingerprint density at radius 2 is 2.16 bits per heavy atom. The lowest BCUT2D eigenvalue weighted by Crippen LogP contribution is -2.31. The quantitative estimate of drug-likeness (QED) is 0.828. The van der Waals surface area contributed by atoms with Crippen LogP contribution in [0.3, 0.4) is 0 Å². The van der Waals surface area contributed by atoms with E-state index in [2.05, 4.69) is 10.3 Å². The molecule has 2 fully saturated rings. The number of nitrogens with zero attached hydrogens (tertiary/aromatic N) is 1. The molecule has 3 N–H and O–H groups in total. The number of hydrogen-bond donors (Lipinski definition) is 2. The largest absolute Gasteiger partial charge is 0.423 e. The molecule has 5 heteroatoms. The first-order valence-electron chi connectivity index (χ1n) is 6.84. The van der Waals surface area contributed by atoms with Gasteiger partial charge in [-0.1, -0.05) is 6.07 Å². The summed E-state index contributed by atoms with van der Waals surface area (Å²) >= 11 is 0. The number of anilines is 2. The Kier molecular flexibility index (Phi) is 2.41. The zero-order valence-corrected chi connectivity index (χ0v) is 10.6. The fourth-order valence-corrected chi connectivity index (χ4v) is 2.85. The number of nitrogens with two attached hydrogens (primary N) is 1. The Balaban J connectivity index is 1.59. The minimum atomic E-state index is 0.307. The van der Waals surface area contributed by atoms with Gasteiger partial charge in [-0.25, -0.2) is 0 Å². The van der Waals surface area contributed by atoms with Crippen LogP contribution in [-0.2, 0) is 4.74 Å². The fourth-order valence-electron chi connectivity index (χ4n) is 2.85. The van der Waals surface area contributed by atoms with Gasteiger partial charge in [0.2, 0.25) is 0 Å². The molecule has 4 rings (SSSR count). The third-order valence-electron chi connectivity index (χ3n) is 3.98. The van der Waals surface area contributed by atoms with Gasteiger partial charge in [-0.15, -0.1) is 0 Å². The highest BCUT2D eigenvalue weighted by Crippen LogP contribution is 2.39. The summed E-state index contributed by atoms with van der Waals surface area (Å²) in [5, 5.41) is 3.37. The van der Waals surface area contributed by atoms with Gasteiger partial charge in [-0.2, -0.15) is 4.98 Å². The van der Waals surface area contributed by atoms with E-state index < -0.39 is 0 Å². The lowest BCUT2D eigenvalue weighted by atomic mass is 10.1. The topological polar surface area (TPSA) is 73.3 Å². The van der Waals surface area contributed by atoms with Crippen molar-refractivity contribution in [1.82, 2.24) is 4.98 Å². The van der Waals surface area contributed by atoms with Crippen LogP contribution in [0.15, 0.2) is 22.6 Å². The second-order valence-electron chi connectivity index (χ2n) is 5.43. The monoisotopic (exact) mass is 259 g/mol. The molecule has 5 nitrogen and oxygen atoms in total. The summed E-state index contributed by atoms with van der Waals surface area (Å²) in [5.74, 6) is 0.717. The maximum absolute atomic E-state index is 5.89. The number of rotatable bonds is 3. The van der Waals surface area contributed by atoms with E-state index in [1.807, 2.05) is 18.2 Å². The van der Waals surface area contributed by atoms with Crippen molar-refractivity contribution in [3.63, 3.8) is 0 Å². The van der Waals surface area contributed by atoms with Gasteiger partial charge in [0.05, 0.1) is 17.8 Å². The minimum Gasteiger partial charge on any atom is -0.423 e. The molecule has 1 aliphatic heterocycles. The third kappa shape index (κ3) is 1.94. The number of benzene rings is 1. The van der Waals surface area contributed by atoms with Gasteiger partial charge in [0.25, 0.3) is 6.01 Å². The molecule has 1 saturated carbocycles. The zero-order chi connectivity index (χ0) is 12.8. The fraction of sp³-hybridized carbons (Fsp3) is 0.500. The van der Waals surface area contributed by atoms with Crippen LogP contribution in [0.5, 0.6) is 0 Å². The molecule has 1 aromatic carbocycles. The zero-order valence-electron chi connectivity index (χ0n) is 10.6. The summed E-state index contributed by atoms with van der Waals surface area (Å²) in [5.41, 5.74) is 7.99. The summed E-state index contributed by atoms with van der Waals surface area (Å²) in [7, 11) is 0. The predicted molar refractivity (Wildman–Crippen MR) is 72.9 cm³/mol. The van der Waals surface area contributed by atoms with E-state index in [4.69, 9.17) is 14.9 Å². The molecular formula is C14H17N3O2. The molecule has 1 saturated heterocycles. The molecule has 0 bridgehead atoms. The Bertz CT molecular complexity index is 606. The van der Waals surface area contributed by atoms with Crippen molar-refractivity contribution in [3.8, 4) is 0 Å². The van der Waals surface area contributed by atoms with Gasteiger partial charge < -0.3 is 20.2 Å². The number of fused-ring (bicyclic) bond motifs is 1. The van der Waals surface area contributed by atoms with Crippen LogP contribution >= 0.6 is 0 Å². The first kappa shape index (κ1) is 11.1. The van der Waals surface area contributed by atoms with E-state index >= 15 is 0 Å². The van der Waals surface area contributed by atoms with Crippen LogP contribution in [0.4, 0.5) is 11.7 Å². The summed E-state index contributed by atoms with van der Waals surface area (Å²) in [4.78, 5) is 4.43. The number of nitrogens with one attached hydrogen (secondary N) is 1. The summed E-state index contributed by atoms with van der Waals surface area (Å²) in [6, 6.07) is 6.45. The average Bonchev–Trinajstić information content (AvgIpc) is 2.99. The molecule has 2 aliphatic rings. The highest BCUT2D eigenvalue weighted by molar-refractivity contribution is 5.86. The number of para-hydroxylation sites is 1. The van der Waals surface area contributed by atoms with E-state index in [0.29, 0.717) is 23.8 Å². The van der Waals surface area contributed by atoms with Crippen molar-refractivity contribution in [3.05, 3.63) is 18.2 Å². The average molecular weight is 259 g/mol. The first-order chi connectivity index (χ1) is 9.31. The molecule has 0 amide bonds. The van der Waals surface area contributed by atoms with Crippen LogP contribution in [-0.4, -0.2) is 23.7 Å². The van der Waals surface area contributed by atoms with Gasteiger partial charge in [0, 0.05) is 6.61 Å². The highest BCUT2D eigenvalue weighted by atomic mass is 16.5. The summed E-state index contributed by atoms with van der Waals surface area (Å²) in [6.45, 7) is 0.821. The summed E-state index contributed by atoms with van der Waals surface area (Å²) < 4.78 is 11.5. The van der Waals surface area contributed by atoms with Gasteiger partial charge >= 0.3 is 0 Å². The number of oxazole rings is 1. The molecule has 1 aromatic heterocycles. The number of ether oxygens (including phenoxy) is 1. The molecule has 2 unspecified atom stereocenters. The normalized spacial score (nSPS) is 26.9. The van der Waals surface area contributed by atoms with Crippen LogP contribution in [0.25, 0.3) is 11.1 Å². The Labute approximate surface area is 111 Å². The van der Waals surface area contributed by atoms with Crippen LogP contribution in [0.1, 0.15) is 19.3 Å². The number of nitrogen functional groups attached to an aromatic ring is 1. The van der Waals surface area contributed by atoms with Crippen molar-refractivity contribution in [2.75, 3.05) is 17.7 Å². The lowest BCUT2D eigenvalue weighted by Gasteiger charge is -2.17. The van der Waals surface area contributed by atoms with Crippen molar-refractivity contribution in [2.24, 2.45) is 5.92 Å². The molecule has 2 atom stereocenters. The highest BCUT2D eigenvalue weighted by Gasteiger charge is 2.41. The maximum Gasteiger partial charge on any atom is 0.296 e. The lowest BCUT2D eigenvalue weighted by molar-refractivity contribution is 0.0895. The number of aromatic nitrogens is 1. The Morgan fingerprint density at radius 3 is 2.95 bits per heavy atom. The van der Waals surface area contributed by atoms with Gasteiger partial charge in [0.15, 0.2) is 5.58 Å². The maximum atomic E-state index is 5.89. The third-order valence-corrected chi connectivity index (χ3v) is 3.98. The number of hydrogen-bond acceptors (Lipinski definition) is 5. The molecule has 2 heterocycles. The van der Waals surface area contributed by atoms with Crippen molar-refractivity contribution in [2.45, 2.75) is 31.4 Å². The van der Waals surface area contributed by atoms with Gasteiger partial charge in [0.1, 0.15) is 5.52 Å². The SMILES string of the molecule is Nc1cccc2oc(NC3CCOC3C3CC3)nc12. The van der Waals surface area contributed by atoms with E-state index in [0.717, 1.165) is 30.0 Å². The van der Waals surface area contributed by atoms with Gasteiger partial charge in [-0.3, -0.25) is 0 Å². The summed E-state index contributed by atoms with van der Waals surface area (Å²) in [6.07, 6.45) is 3.88. The first-order valence-corrected chi connectivity index (χ1v) is 6.84. The molecule has 1 aliphatic carbocycles. The predicted octanol–water partition coefficient (Wildman–Crippen LogP) is 2.39. The second kappa shape index (κ2) is 4.13. The molecule has 2 aromatic rings. The molecule has 100 valence electrons. The minimum absolute atomic E-state index is 0.307. The molecular weight excluding hydrogens is 242 g/mol. The van der Waals surface area contributed by atoms with Gasteiger partial charge in [-0.05, 0) is 37.3 Å². The molecule has 0 spiro atoms. The van der Waals surface area contributed by atoms with E-state index in [-0.39, 0.29) is 0 Å². The standard InChI is InChI=1S/C14H17N3O2/c15-9-2-1-3-11-12(9)17-14(19-11)16-10-6-7-18-13(10)8-4-5-8/h1-3,8,10,13H,4-7,15H2,(H,16,17). The second-order valence-corrected chi connectivity index (χ2v) is 5.43. The van der Waals surface area contributed by atoms with E-state index in [1.165, 1.54) is 12.8 Å². The molecule has 0 radical (unpaired) electrons. The smallest absolute Gasteiger partial charge is 0.296 e. The van der Waals surface area contributed by atoms with Crippen LogP contribution in [0, 0.1) is 5.92 Å². The van der Waals surface area contributed by atoms with Crippen molar-refractivity contribution >= 4 is 22.8 Å². The van der Waals surface area contributed by atoms with Crippen molar-refractivity contribution in [1.29, 1.82) is 0 Å². The van der Waals surface area contributed by atoms with E-state index in [1.54, 1.807) is 0 Å². The van der Waals surface area contributed by atoms with Crippen LogP contribution < -0.4 is 11.1 Å². The molecule has 19 heavy (non-hydrogen) atoms.